The molecule has 0 unspecified atom stereocenters. The number of urea groups is 1. The number of imide groups is 2. The number of nitrogens with one attached hydrogen (secondary N) is 1. The highest BCUT2D eigenvalue weighted by Crippen LogP contribution is 2.25. The fourth-order valence-electron chi connectivity index (χ4n) is 3.90. The summed E-state index contributed by atoms with van der Waals surface area (Å²) >= 11 is 0. The highest BCUT2D eigenvalue weighted by Gasteiger charge is 2.36. The number of aryl methyl sites for hydroxylation is 2. The smallest absolute Gasteiger partial charge is 0.335 e. The van der Waals surface area contributed by atoms with E-state index >= 15 is 0 Å². The first-order chi connectivity index (χ1) is 13.9. The van der Waals surface area contributed by atoms with Crippen LogP contribution in [-0.2, 0) is 9.59 Å². The van der Waals surface area contributed by atoms with Crippen molar-refractivity contribution >= 4 is 35.3 Å². The van der Waals surface area contributed by atoms with Gasteiger partial charge >= 0.3 is 6.03 Å². The van der Waals surface area contributed by atoms with Gasteiger partial charge < -0.3 is 4.90 Å². The molecule has 148 valence electrons. The van der Waals surface area contributed by atoms with Crippen LogP contribution in [0.15, 0.2) is 48.0 Å². The maximum Gasteiger partial charge on any atom is 0.335 e. The summed E-state index contributed by atoms with van der Waals surface area (Å²) < 4.78 is 0. The summed E-state index contributed by atoms with van der Waals surface area (Å²) in [5.41, 5.74) is 4.13. The van der Waals surface area contributed by atoms with Gasteiger partial charge in [-0.25, -0.2) is 9.69 Å². The minimum Gasteiger partial charge on any atom is -0.372 e. The zero-order chi connectivity index (χ0) is 20.5. The summed E-state index contributed by atoms with van der Waals surface area (Å²) in [6.45, 7) is 5.89. The lowest BCUT2D eigenvalue weighted by atomic mass is 10.1. The fraction of sp³-hybridized carbons (Fsp3) is 0.261. The van der Waals surface area contributed by atoms with Crippen LogP contribution >= 0.6 is 0 Å². The zero-order valence-electron chi connectivity index (χ0n) is 16.6. The number of anilines is 2. The molecule has 6 nitrogen and oxygen atoms in total. The van der Waals surface area contributed by atoms with Gasteiger partial charge in [0.2, 0.25) is 0 Å². The highest BCUT2D eigenvalue weighted by atomic mass is 16.2. The maximum atomic E-state index is 13.0. The van der Waals surface area contributed by atoms with E-state index in [0.29, 0.717) is 5.69 Å². The standard InChI is InChI=1S/C23H23N3O3/c1-15-11-16(2)13-19(12-15)26-22(28)20(21(27)24-23(26)29)14-17-5-7-18(8-6-17)25-9-3-4-10-25/h5-8,11-14H,3-4,9-10H2,1-2H3,(H,24,27,29)/b20-14+. The fourth-order valence-corrected chi connectivity index (χ4v) is 3.90. The molecule has 2 aromatic carbocycles. The van der Waals surface area contributed by atoms with Gasteiger partial charge in [0.1, 0.15) is 5.57 Å². The van der Waals surface area contributed by atoms with Gasteiger partial charge in [0.25, 0.3) is 11.8 Å². The normalized spacial score (nSPS) is 18.6. The maximum absolute atomic E-state index is 13.0. The third kappa shape index (κ3) is 3.78. The Bertz CT molecular complexity index is 998. The van der Waals surface area contributed by atoms with Crippen LogP contribution in [0.3, 0.4) is 0 Å². The van der Waals surface area contributed by atoms with E-state index in [4.69, 9.17) is 0 Å². The molecular weight excluding hydrogens is 366 g/mol. The van der Waals surface area contributed by atoms with Gasteiger partial charge in [0.05, 0.1) is 5.69 Å². The zero-order valence-corrected chi connectivity index (χ0v) is 16.6. The predicted octanol–water partition coefficient (Wildman–Crippen LogP) is 3.57. The number of barbiturate groups is 1. The molecule has 0 aromatic heterocycles. The molecule has 2 saturated heterocycles. The minimum absolute atomic E-state index is 0.0577. The van der Waals surface area contributed by atoms with Gasteiger partial charge in [-0.3, -0.25) is 14.9 Å². The summed E-state index contributed by atoms with van der Waals surface area (Å²) in [5, 5.41) is 2.27. The molecule has 0 spiro atoms. The van der Waals surface area contributed by atoms with E-state index in [1.54, 1.807) is 12.1 Å². The number of amides is 4. The first-order valence-corrected chi connectivity index (χ1v) is 9.77. The van der Waals surface area contributed by atoms with Gasteiger partial charge in [-0.15, -0.1) is 0 Å². The summed E-state index contributed by atoms with van der Waals surface area (Å²) in [4.78, 5) is 41.1. The molecule has 4 rings (SSSR count). The highest BCUT2D eigenvalue weighted by molar-refractivity contribution is 6.39. The Morgan fingerprint density at radius 3 is 2.10 bits per heavy atom. The van der Waals surface area contributed by atoms with E-state index in [1.807, 2.05) is 44.2 Å². The second-order valence-electron chi connectivity index (χ2n) is 7.59. The Morgan fingerprint density at radius 2 is 1.48 bits per heavy atom. The molecule has 2 aromatic rings. The molecular formula is C23H23N3O3. The van der Waals surface area contributed by atoms with Crippen molar-refractivity contribution in [3.63, 3.8) is 0 Å². The molecule has 0 bridgehead atoms. The number of rotatable bonds is 3. The second-order valence-corrected chi connectivity index (χ2v) is 7.59. The lowest BCUT2D eigenvalue weighted by Crippen LogP contribution is -2.54. The van der Waals surface area contributed by atoms with Gasteiger partial charge in [-0.05, 0) is 73.7 Å². The topological polar surface area (TPSA) is 69.7 Å². The Labute approximate surface area is 169 Å². The molecule has 2 fully saturated rings. The van der Waals surface area contributed by atoms with E-state index in [0.717, 1.165) is 40.4 Å². The largest absolute Gasteiger partial charge is 0.372 e. The molecule has 0 saturated carbocycles. The minimum atomic E-state index is -0.730. The van der Waals surface area contributed by atoms with Crippen LogP contribution in [0.2, 0.25) is 0 Å². The van der Waals surface area contributed by atoms with Gasteiger partial charge in [-0.1, -0.05) is 18.2 Å². The van der Waals surface area contributed by atoms with Crippen LogP contribution in [0.5, 0.6) is 0 Å². The quantitative estimate of drug-likeness (QED) is 0.644. The Kier molecular flexibility index (Phi) is 4.92. The van der Waals surface area contributed by atoms with Crippen molar-refractivity contribution in [2.45, 2.75) is 26.7 Å². The number of carbonyl (C=O) groups is 3. The van der Waals surface area contributed by atoms with E-state index < -0.39 is 17.8 Å². The molecule has 2 aliphatic rings. The van der Waals surface area contributed by atoms with Gasteiger partial charge in [0.15, 0.2) is 0 Å². The van der Waals surface area contributed by atoms with E-state index in [9.17, 15) is 14.4 Å². The van der Waals surface area contributed by atoms with E-state index in [2.05, 4.69) is 10.2 Å². The number of hydrogen-bond acceptors (Lipinski definition) is 4. The van der Waals surface area contributed by atoms with E-state index in [1.165, 1.54) is 18.9 Å². The molecule has 6 heteroatoms. The molecule has 2 heterocycles. The number of nitrogens with zero attached hydrogens (tertiary/aromatic N) is 2. The summed E-state index contributed by atoms with van der Waals surface area (Å²) in [6.07, 6.45) is 3.93. The van der Waals surface area contributed by atoms with Crippen molar-refractivity contribution in [1.82, 2.24) is 5.32 Å². The summed E-state index contributed by atoms with van der Waals surface area (Å²) in [5.74, 6) is -1.29. The summed E-state index contributed by atoms with van der Waals surface area (Å²) in [7, 11) is 0. The molecule has 0 atom stereocenters. The lowest BCUT2D eigenvalue weighted by molar-refractivity contribution is -0.122. The average molecular weight is 389 g/mol. The SMILES string of the molecule is Cc1cc(C)cc(N2C(=O)NC(=O)/C(=C\c3ccc(N4CCCC4)cc3)C2=O)c1. The number of hydrogen-bond donors (Lipinski definition) is 1. The van der Waals surface area contributed by atoms with Gasteiger partial charge in [-0.2, -0.15) is 0 Å². The lowest BCUT2D eigenvalue weighted by Gasteiger charge is -2.27. The Morgan fingerprint density at radius 1 is 0.862 bits per heavy atom. The Balaban J connectivity index is 1.64. The van der Waals surface area contributed by atoms with Crippen LogP contribution in [0, 0.1) is 13.8 Å². The first-order valence-electron chi connectivity index (χ1n) is 9.77. The number of benzene rings is 2. The van der Waals surface area contributed by atoms with Crippen LogP contribution < -0.4 is 15.1 Å². The molecule has 4 amide bonds. The molecule has 1 N–H and O–H groups in total. The van der Waals surface area contributed by atoms with Crippen molar-refractivity contribution in [1.29, 1.82) is 0 Å². The van der Waals surface area contributed by atoms with Gasteiger partial charge in [0, 0.05) is 18.8 Å². The van der Waals surface area contributed by atoms with Crippen LogP contribution in [0.25, 0.3) is 6.08 Å². The molecule has 2 aliphatic heterocycles. The molecule has 29 heavy (non-hydrogen) atoms. The van der Waals surface area contributed by atoms with Crippen molar-refractivity contribution < 1.29 is 14.4 Å². The van der Waals surface area contributed by atoms with Crippen molar-refractivity contribution in [3.05, 3.63) is 64.7 Å². The summed E-state index contributed by atoms with van der Waals surface area (Å²) in [6, 6.07) is 12.5. The van der Waals surface area contributed by atoms with Crippen LogP contribution in [0.4, 0.5) is 16.2 Å². The molecule has 0 aliphatic carbocycles. The van der Waals surface area contributed by atoms with Crippen LogP contribution in [0.1, 0.15) is 29.5 Å². The molecule has 0 radical (unpaired) electrons. The van der Waals surface area contributed by atoms with Crippen molar-refractivity contribution in [2.24, 2.45) is 0 Å². The van der Waals surface area contributed by atoms with Crippen molar-refractivity contribution in [3.8, 4) is 0 Å². The Hall–Kier alpha value is -3.41. The predicted molar refractivity (Wildman–Crippen MR) is 113 cm³/mol. The third-order valence-corrected chi connectivity index (χ3v) is 5.24. The first kappa shape index (κ1) is 18.9. The average Bonchev–Trinajstić information content (AvgIpc) is 3.19. The number of carbonyl (C=O) groups excluding carboxylic acids is 3. The second kappa shape index (κ2) is 7.54. The third-order valence-electron chi connectivity index (χ3n) is 5.24. The van der Waals surface area contributed by atoms with E-state index in [-0.39, 0.29) is 5.57 Å². The van der Waals surface area contributed by atoms with Crippen molar-refractivity contribution in [2.75, 3.05) is 22.9 Å². The van der Waals surface area contributed by atoms with Crippen LogP contribution in [-0.4, -0.2) is 30.9 Å². The monoisotopic (exact) mass is 389 g/mol.